The first-order valence-electron chi connectivity index (χ1n) is 8.08. The van der Waals surface area contributed by atoms with Crippen molar-refractivity contribution in [2.75, 3.05) is 26.2 Å². The van der Waals surface area contributed by atoms with E-state index in [1.807, 2.05) is 18.3 Å². The van der Waals surface area contributed by atoms with Gasteiger partial charge in [0.2, 0.25) is 11.8 Å². The lowest BCUT2D eigenvalue weighted by Crippen LogP contribution is -2.56. The van der Waals surface area contributed by atoms with Gasteiger partial charge in [0, 0.05) is 36.7 Å². The largest absolute Gasteiger partial charge is 0.368 e. The van der Waals surface area contributed by atoms with Gasteiger partial charge in [0.15, 0.2) is 0 Å². The van der Waals surface area contributed by atoms with E-state index in [9.17, 15) is 9.59 Å². The number of aromatic nitrogens is 1. The number of nitrogens with zero attached hydrogens (tertiary/aromatic N) is 2. The first-order chi connectivity index (χ1) is 11.6. The van der Waals surface area contributed by atoms with Gasteiger partial charge in [-0.25, -0.2) is 0 Å². The van der Waals surface area contributed by atoms with Crippen molar-refractivity contribution in [1.82, 2.24) is 14.8 Å². The maximum absolute atomic E-state index is 12.0. The molecule has 2 aliphatic heterocycles. The number of carbonyl (C=O) groups excluding carboxylic acids is 2. The van der Waals surface area contributed by atoms with Crippen molar-refractivity contribution in [3.63, 3.8) is 0 Å². The smallest absolute Gasteiger partial charge is 0.249 e. The summed E-state index contributed by atoms with van der Waals surface area (Å²) in [4.78, 5) is 30.4. The van der Waals surface area contributed by atoms with Crippen molar-refractivity contribution in [1.29, 1.82) is 0 Å². The first kappa shape index (κ1) is 15.2. The van der Waals surface area contributed by atoms with Crippen LogP contribution in [0.2, 0.25) is 0 Å². The van der Waals surface area contributed by atoms with Crippen LogP contribution in [0.3, 0.4) is 0 Å². The van der Waals surface area contributed by atoms with Gasteiger partial charge in [0.05, 0.1) is 18.7 Å². The number of primary amides is 1. The second-order valence-electron chi connectivity index (χ2n) is 6.46. The van der Waals surface area contributed by atoms with Crippen molar-refractivity contribution in [3.05, 3.63) is 36.0 Å². The van der Waals surface area contributed by atoms with Crippen molar-refractivity contribution in [2.24, 2.45) is 5.73 Å². The van der Waals surface area contributed by atoms with Crippen LogP contribution in [-0.4, -0.2) is 65.0 Å². The molecular weight excluding hydrogens is 308 g/mol. The van der Waals surface area contributed by atoms with Crippen LogP contribution in [0.15, 0.2) is 30.5 Å². The summed E-state index contributed by atoms with van der Waals surface area (Å²) in [5.74, 6) is -0.650. The molecule has 2 aliphatic rings. The number of para-hydroxylation sites is 1. The Morgan fingerprint density at radius 1 is 1.33 bits per heavy atom. The van der Waals surface area contributed by atoms with E-state index < -0.39 is 5.91 Å². The number of H-pyrrole nitrogens is 1. The molecule has 2 atom stereocenters. The minimum atomic E-state index is -0.487. The predicted molar refractivity (Wildman–Crippen MR) is 88.0 cm³/mol. The van der Waals surface area contributed by atoms with Crippen LogP contribution < -0.4 is 5.73 Å². The van der Waals surface area contributed by atoms with Gasteiger partial charge < -0.3 is 20.4 Å². The van der Waals surface area contributed by atoms with Crippen LogP contribution in [0.5, 0.6) is 0 Å². The minimum Gasteiger partial charge on any atom is -0.368 e. The van der Waals surface area contributed by atoms with Crippen LogP contribution in [0.25, 0.3) is 10.9 Å². The Morgan fingerprint density at radius 2 is 2.17 bits per heavy atom. The SMILES string of the molecule is NC(=O)CN1C(=O)COC2CN(Cc3c[nH]c4ccccc34)CC21. The van der Waals surface area contributed by atoms with E-state index in [1.165, 1.54) is 10.9 Å². The Bertz CT molecular complexity index is 787. The minimum absolute atomic E-state index is 0.0232. The van der Waals surface area contributed by atoms with E-state index >= 15 is 0 Å². The van der Waals surface area contributed by atoms with E-state index in [0.717, 1.165) is 18.6 Å². The van der Waals surface area contributed by atoms with Gasteiger partial charge in [-0.05, 0) is 11.6 Å². The lowest BCUT2D eigenvalue weighted by atomic mass is 10.1. The molecule has 2 amide bonds. The molecule has 4 rings (SSSR count). The van der Waals surface area contributed by atoms with Gasteiger partial charge in [0.25, 0.3) is 0 Å². The maximum Gasteiger partial charge on any atom is 0.249 e. The van der Waals surface area contributed by atoms with E-state index in [4.69, 9.17) is 10.5 Å². The van der Waals surface area contributed by atoms with Crippen LogP contribution in [0.1, 0.15) is 5.56 Å². The van der Waals surface area contributed by atoms with E-state index in [1.54, 1.807) is 4.90 Å². The number of nitrogens with two attached hydrogens (primary N) is 1. The molecule has 0 saturated carbocycles. The number of carbonyl (C=O) groups is 2. The molecule has 24 heavy (non-hydrogen) atoms. The highest BCUT2D eigenvalue weighted by atomic mass is 16.5. The monoisotopic (exact) mass is 328 g/mol. The molecule has 3 N–H and O–H groups in total. The number of hydrogen-bond acceptors (Lipinski definition) is 4. The van der Waals surface area contributed by atoms with Crippen molar-refractivity contribution >= 4 is 22.7 Å². The van der Waals surface area contributed by atoms with Gasteiger partial charge in [-0.3, -0.25) is 14.5 Å². The summed E-state index contributed by atoms with van der Waals surface area (Å²) in [7, 11) is 0. The molecule has 2 saturated heterocycles. The quantitative estimate of drug-likeness (QED) is 0.830. The number of ether oxygens (including phenoxy) is 1. The molecule has 3 heterocycles. The number of morpholine rings is 1. The zero-order valence-corrected chi connectivity index (χ0v) is 13.3. The third-order valence-corrected chi connectivity index (χ3v) is 4.85. The van der Waals surface area contributed by atoms with Crippen LogP contribution in [0.4, 0.5) is 0 Å². The van der Waals surface area contributed by atoms with Gasteiger partial charge in [-0.1, -0.05) is 18.2 Å². The Balaban J connectivity index is 1.51. The highest BCUT2D eigenvalue weighted by Gasteiger charge is 2.43. The average molecular weight is 328 g/mol. The predicted octanol–water partition coefficient (Wildman–Crippen LogP) is 0.0648. The zero-order valence-electron chi connectivity index (χ0n) is 13.3. The summed E-state index contributed by atoms with van der Waals surface area (Å²) in [5.41, 5.74) is 7.62. The first-order valence-corrected chi connectivity index (χ1v) is 8.08. The second-order valence-corrected chi connectivity index (χ2v) is 6.46. The molecule has 2 aromatic rings. The topological polar surface area (TPSA) is 91.7 Å². The Morgan fingerprint density at radius 3 is 3.00 bits per heavy atom. The molecule has 1 aromatic carbocycles. The Labute approximate surface area is 139 Å². The van der Waals surface area contributed by atoms with Gasteiger partial charge in [-0.2, -0.15) is 0 Å². The van der Waals surface area contributed by atoms with E-state index in [2.05, 4.69) is 22.0 Å². The molecule has 2 fully saturated rings. The van der Waals surface area contributed by atoms with Crippen molar-refractivity contribution in [3.8, 4) is 0 Å². The fourth-order valence-corrected chi connectivity index (χ4v) is 3.75. The number of hydrogen-bond donors (Lipinski definition) is 2. The van der Waals surface area contributed by atoms with Crippen molar-refractivity contribution < 1.29 is 14.3 Å². The molecule has 7 nitrogen and oxygen atoms in total. The molecule has 7 heteroatoms. The summed E-state index contributed by atoms with van der Waals surface area (Å²) in [5, 5.41) is 1.21. The molecule has 0 spiro atoms. The summed E-state index contributed by atoms with van der Waals surface area (Å²) in [6, 6.07) is 8.08. The standard InChI is InChI=1S/C17H20N4O3/c18-16(22)9-21-14-7-20(8-15(14)24-10-17(21)23)6-11-5-19-13-4-2-1-3-12(11)13/h1-5,14-15,19H,6-10H2,(H2,18,22). The third kappa shape index (κ3) is 2.65. The van der Waals surface area contributed by atoms with Crippen LogP contribution in [0, 0.1) is 0 Å². The van der Waals surface area contributed by atoms with Crippen LogP contribution >= 0.6 is 0 Å². The Kier molecular flexibility index (Phi) is 3.74. The Hall–Kier alpha value is -2.38. The van der Waals surface area contributed by atoms with Crippen molar-refractivity contribution in [2.45, 2.75) is 18.7 Å². The van der Waals surface area contributed by atoms with Gasteiger partial charge >= 0.3 is 0 Å². The number of benzene rings is 1. The normalized spacial score (nSPS) is 24.5. The number of rotatable bonds is 4. The van der Waals surface area contributed by atoms with E-state index in [0.29, 0.717) is 6.54 Å². The van der Waals surface area contributed by atoms with Gasteiger partial charge in [0.1, 0.15) is 6.61 Å². The molecule has 0 aliphatic carbocycles. The highest BCUT2D eigenvalue weighted by Crippen LogP contribution is 2.26. The number of nitrogens with one attached hydrogen (secondary N) is 1. The fraction of sp³-hybridized carbons (Fsp3) is 0.412. The second kappa shape index (κ2) is 5.92. The number of fused-ring (bicyclic) bond motifs is 2. The number of amides is 2. The molecule has 0 bridgehead atoms. The molecule has 126 valence electrons. The third-order valence-electron chi connectivity index (χ3n) is 4.85. The summed E-state index contributed by atoms with van der Waals surface area (Å²) >= 11 is 0. The average Bonchev–Trinajstić information content (AvgIpc) is 3.15. The lowest BCUT2D eigenvalue weighted by Gasteiger charge is -2.35. The highest BCUT2D eigenvalue weighted by molar-refractivity contribution is 5.85. The zero-order chi connectivity index (χ0) is 16.7. The fourth-order valence-electron chi connectivity index (χ4n) is 3.75. The molecule has 2 unspecified atom stereocenters. The summed E-state index contributed by atoms with van der Waals surface area (Å²) in [6.45, 7) is 2.19. The summed E-state index contributed by atoms with van der Waals surface area (Å²) in [6.07, 6.45) is 1.96. The molecule has 0 radical (unpaired) electrons. The maximum atomic E-state index is 12.0. The van der Waals surface area contributed by atoms with Gasteiger partial charge in [-0.15, -0.1) is 0 Å². The van der Waals surface area contributed by atoms with Crippen LogP contribution in [-0.2, 0) is 20.9 Å². The lowest BCUT2D eigenvalue weighted by molar-refractivity contribution is -0.155. The molecular formula is C17H20N4O3. The van der Waals surface area contributed by atoms with E-state index in [-0.39, 0.29) is 31.2 Å². The summed E-state index contributed by atoms with van der Waals surface area (Å²) < 4.78 is 5.67. The number of likely N-dealkylation sites (tertiary alicyclic amines) is 1. The number of aromatic amines is 1. The molecule has 1 aromatic heterocycles.